The summed E-state index contributed by atoms with van der Waals surface area (Å²) >= 11 is 0. The summed E-state index contributed by atoms with van der Waals surface area (Å²) in [5, 5.41) is 22.2. The monoisotopic (exact) mass is 464 g/mol. The number of benzene rings is 3. The highest BCUT2D eigenvalue weighted by Crippen LogP contribution is 2.28. The standard InChI is InChI=1S/C26H28N2O6/c29-17-18-33-21-15-13-20(14-16-21)24(11-2-1-3-12-25(30)28-32)34-26(31)27-23-10-6-8-19-7-4-5-9-22(19)23/h3-10,12-16,24,29,32H,1-2,11,17-18H2,(H,27,31)(H,28,30)/b12-3+/t24-/m1/s1. The van der Waals surface area contributed by atoms with Crippen LogP contribution in [0.2, 0.25) is 0 Å². The summed E-state index contributed by atoms with van der Waals surface area (Å²) < 4.78 is 11.2. The van der Waals surface area contributed by atoms with Crippen molar-refractivity contribution >= 4 is 28.5 Å². The van der Waals surface area contributed by atoms with E-state index in [0.29, 0.717) is 30.7 Å². The van der Waals surface area contributed by atoms with Crippen LogP contribution in [0.5, 0.6) is 5.75 Å². The van der Waals surface area contributed by atoms with Gasteiger partial charge in [-0.25, -0.2) is 10.3 Å². The van der Waals surface area contributed by atoms with Crippen molar-refractivity contribution in [1.82, 2.24) is 5.48 Å². The molecular weight excluding hydrogens is 436 g/mol. The molecule has 0 fully saturated rings. The molecule has 8 nitrogen and oxygen atoms in total. The summed E-state index contributed by atoms with van der Waals surface area (Å²) in [6.45, 7) is 0.115. The van der Waals surface area contributed by atoms with Crippen molar-refractivity contribution in [2.45, 2.75) is 25.4 Å². The third-order valence-electron chi connectivity index (χ3n) is 5.10. The largest absolute Gasteiger partial charge is 0.491 e. The molecule has 0 bridgehead atoms. The van der Waals surface area contributed by atoms with Crippen LogP contribution in [0, 0.1) is 0 Å². The molecule has 178 valence electrons. The molecule has 0 aliphatic heterocycles. The number of amides is 2. The van der Waals surface area contributed by atoms with Crippen LogP contribution in [0.25, 0.3) is 10.8 Å². The molecule has 0 aliphatic rings. The van der Waals surface area contributed by atoms with Crippen LogP contribution in [-0.4, -0.2) is 35.5 Å². The van der Waals surface area contributed by atoms with E-state index in [2.05, 4.69) is 5.32 Å². The van der Waals surface area contributed by atoms with Crippen molar-refractivity contribution in [3.05, 3.63) is 84.4 Å². The van der Waals surface area contributed by atoms with E-state index >= 15 is 0 Å². The topological polar surface area (TPSA) is 117 Å². The molecular formula is C26H28N2O6. The minimum atomic E-state index is -0.597. The molecule has 2 amide bonds. The lowest BCUT2D eigenvalue weighted by Gasteiger charge is -2.19. The first-order valence-electron chi connectivity index (χ1n) is 11.0. The van der Waals surface area contributed by atoms with Gasteiger partial charge in [0.05, 0.1) is 12.3 Å². The molecule has 3 rings (SSSR count). The summed E-state index contributed by atoms with van der Waals surface area (Å²) in [6, 6.07) is 20.6. The van der Waals surface area contributed by atoms with E-state index in [9.17, 15) is 9.59 Å². The highest BCUT2D eigenvalue weighted by molar-refractivity contribution is 6.00. The maximum atomic E-state index is 12.8. The lowest BCUT2D eigenvalue weighted by molar-refractivity contribution is -0.124. The van der Waals surface area contributed by atoms with Crippen molar-refractivity contribution in [3.63, 3.8) is 0 Å². The van der Waals surface area contributed by atoms with Crippen LogP contribution in [0.4, 0.5) is 10.5 Å². The second-order valence-electron chi connectivity index (χ2n) is 7.50. The number of aliphatic hydroxyl groups is 1. The molecule has 0 heterocycles. The van der Waals surface area contributed by atoms with E-state index in [1.54, 1.807) is 23.7 Å². The van der Waals surface area contributed by atoms with Crippen LogP contribution in [0.1, 0.15) is 30.9 Å². The van der Waals surface area contributed by atoms with Crippen molar-refractivity contribution in [1.29, 1.82) is 0 Å². The van der Waals surface area contributed by atoms with E-state index in [1.165, 1.54) is 6.08 Å². The van der Waals surface area contributed by atoms with E-state index in [1.807, 2.05) is 54.6 Å². The van der Waals surface area contributed by atoms with Crippen LogP contribution in [0.3, 0.4) is 0 Å². The molecule has 1 atom stereocenters. The molecule has 3 aromatic rings. The van der Waals surface area contributed by atoms with Gasteiger partial charge in [-0.15, -0.1) is 0 Å². The van der Waals surface area contributed by atoms with Crippen molar-refractivity contribution in [2.24, 2.45) is 0 Å². The van der Waals surface area contributed by atoms with Crippen LogP contribution in [-0.2, 0) is 9.53 Å². The predicted molar refractivity (Wildman–Crippen MR) is 129 cm³/mol. The Bertz CT molecular complexity index is 1110. The quantitative estimate of drug-likeness (QED) is 0.141. The summed E-state index contributed by atoms with van der Waals surface area (Å²) in [7, 11) is 0. The molecule has 8 heteroatoms. The average molecular weight is 465 g/mol. The Morgan fingerprint density at radius 3 is 2.53 bits per heavy atom. The van der Waals surface area contributed by atoms with Gasteiger partial charge in [-0.3, -0.25) is 15.3 Å². The van der Waals surface area contributed by atoms with Gasteiger partial charge in [0.25, 0.3) is 5.91 Å². The van der Waals surface area contributed by atoms with Crippen LogP contribution >= 0.6 is 0 Å². The van der Waals surface area contributed by atoms with Crippen molar-refractivity contribution < 1.29 is 29.4 Å². The van der Waals surface area contributed by atoms with E-state index in [-0.39, 0.29) is 13.2 Å². The summed E-state index contributed by atoms with van der Waals surface area (Å²) in [5.74, 6) is 0.00967. The number of hydroxylamine groups is 1. The number of ether oxygens (including phenoxy) is 2. The van der Waals surface area contributed by atoms with Gasteiger partial charge >= 0.3 is 6.09 Å². The van der Waals surface area contributed by atoms with Gasteiger partial charge in [-0.05, 0) is 48.4 Å². The fourth-order valence-electron chi connectivity index (χ4n) is 3.49. The molecule has 0 saturated carbocycles. The number of unbranched alkanes of at least 4 members (excludes halogenated alkanes) is 1. The third kappa shape index (κ3) is 7.33. The number of hydrogen-bond acceptors (Lipinski definition) is 6. The summed E-state index contributed by atoms with van der Waals surface area (Å²) in [6.07, 6.45) is 3.52. The SMILES string of the molecule is O=C(/C=C/CCC[C@@H](OC(=O)Nc1cccc2ccccc12)c1ccc(OCCO)cc1)NO. The number of aliphatic hydroxyl groups excluding tert-OH is 1. The molecule has 0 unspecified atom stereocenters. The number of carbonyl (C=O) groups excluding carboxylic acids is 2. The Morgan fingerprint density at radius 2 is 1.76 bits per heavy atom. The Morgan fingerprint density at radius 1 is 1.00 bits per heavy atom. The first-order valence-corrected chi connectivity index (χ1v) is 11.0. The molecule has 34 heavy (non-hydrogen) atoms. The van der Waals surface area contributed by atoms with E-state index in [0.717, 1.165) is 16.3 Å². The van der Waals surface area contributed by atoms with Gasteiger partial charge in [0, 0.05) is 11.5 Å². The molecule has 3 aromatic carbocycles. The van der Waals surface area contributed by atoms with Gasteiger partial charge in [0.1, 0.15) is 18.5 Å². The van der Waals surface area contributed by atoms with Crippen molar-refractivity contribution in [3.8, 4) is 5.75 Å². The third-order valence-corrected chi connectivity index (χ3v) is 5.10. The van der Waals surface area contributed by atoms with Gasteiger partial charge in [0.2, 0.25) is 0 Å². The average Bonchev–Trinajstić information content (AvgIpc) is 2.87. The molecule has 0 aromatic heterocycles. The second kappa shape index (κ2) is 13.0. The molecule has 0 radical (unpaired) electrons. The Hall–Kier alpha value is -3.88. The zero-order chi connectivity index (χ0) is 24.2. The second-order valence-corrected chi connectivity index (χ2v) is 7.50. The first-order chi connectivity index (χ1) is 16.6. The van der Waals surface area contributed by atoms with Gasteiger partial charge < -0.3 is 14.6 Å². The van der Waals surface area contributed by atoms with Gasteiger partial charge in [0.15, 0.2) is 0 Å². The zero-order valence-electron chi connectivity index (χ0n) is 18.6. The maximum Gasteiger partial charge on any atom is 0.412 e. The molecule has 0 spiro atoms. The number of carbonyl (C=O) groups is 2. The first kappa shape index (κ1) is 24.8. The number of rotatable bonds is 11. The number of hydrogen-bond donors (Lipinski definition) is 4. The number of anilines is 1. The molecule has 0 saturated heterocycles. The zero-order valence-corrected chi connectivity index (χ0v) is 18.6. The highest BCUT2D eigenvalue weighted by atomic mass is 16.6. The lowest BCUT2D eigenvalue weighted by Crippen LogP contribution is -2.18. The van der Waals surface area contributed by atoms with E-state index < -0.39 is 18.1 Å². The Labute approximate surface area is 197 Å². The molecule has 0 aliphatic carbocycles. The normalized spacial score (nSPS) is 11.8. The number of allylic oxidation sites excluding steroid dienone is 1. The van der Waals surface area contributed by atoms with Crippen LogP contribution in [0.15, 0.2) is 78.9 Å². The van der Waals surface area contributed by atoms with Crippen LogP contribution < -0.4 is 15.5 Å². The van der Waals surface area contributed by atoms with Gasteiger partial charge in [-0.1, -0.05) is 54.6 Å². The van der Waals surface area contributed by atoms with E-state index in [4.69, 9.17) is 19.8 Å². The number of nitrogens with one attached hydrogen (secondary N) is 2. The smallest absolute Gasteiger partial charge is 0.412 e. The predicted octanol–water partition coefficient (Wildman–Crippen LogP) is 4.73. The Kier molecular flexibility index (Phi) is 9.45. The fourth-order valence-corrected chi connectivity index (χ4v) is 3.49. The minimum Gasteiger partial charge on any atom is -0.491 e. The highest BCUT2D eigenvalue weighted by Gasteiger charge is 2.17. The van der Waals surface area contributed by atoms with Crippen molar-refractivity contribution in [2.75, 3.05) is 18.5 Å². The maximum absolute atomic E-state index is 12.8. The summed E-state index contributed by atoms with van der Waals surface area (Å²) in [4.78, 5) is 23.9. The number of fused-ring (bicyclic) bond motifs is 1. The van der Waals surface area contributed by atoms with Gasteiger partial charge in [-0.2, -0.15) is 0 Å². The molecule has 4 N–H and O–H groups in total. The lowest BCUT2D eigenvalue weighted by atomic mass is 10.0. The minimum absolute atomic E-state index is 0.0797. The fraction of sp³-hybridized carbons (Fsp3) is 0.231. The summed E-state index contributed by atoms with van der Waals surface area (Å²) in [5.41, 5.74) is 2.99. The Balaban J connectivity index is 1.69.